The molecule has 0 amide bonds. The van der Waals surface area contributed by atoms with E-state index in [9.17, 15) is 0 Å². The van der Waals surface area contributed by atoms with Crippen molar-refractivity contribution in [3.8, 4) is 0 Å². The Balaban J connectivity index is 3.33. The maximum Gasteiger partial charge on any atom is 0.0258 e. The fourth-order valence-corrected chi connectivity index (χ4v) is 0.819. The van der Waals surface area contributed by atoms with E-state index in [-0.39, 0.29) is 4.32 Å². The molecule has 0 fully saturated rings. The van der Waals surface area contributed by atoms with Gasteiger partial charge in [-0.1, -0.05) is 36.2 Å². The summed E-state index contributed by atoms with van der Waals surface area (Å²) in [7, 11) is 0. The molecule has 0 saturated carbocycles. The van der Waals surface area contributed by atoms with Crippen molar-refractivity contribution in [2.45, 2.75) is 44.4 Å². The van der Waals surface area contributed by atoms with E-state index >= 15 is 0 Å². The average molecular weight is 192 g/mol. The second-order valence-electron chi connectivity index (χ2n) is 2.62. The predicted octanol–water partition coefficient (Wildman–Crippen LogP) is 3.55. The van der Waals surface area contributed by atoms with Gasteiger partial charge < -0.3 is 0 Å². The van der Waals surface area contributed by atoms with Crippen LogP contribution in [0, 0.1) is 6.42 Å². The van der Waals surface area contributed by atoms with E-state index in [1.165, 1.54) is 19.3 Å². The van der Waals surface area contributed by atoms with Gasteiger partial charge in [0.1, 0.15) is 0 Å². The molecule has 9 heavy (non-hydrogen) atoms. The first kappa shape index (κ1) is 9.48. The molecule has 0 spiro atoms. The van der Waals surface area contributed by atoms with Gasteiger partial charge in [-0.2, -0.15) is 0 Å². The lowest BCUT2D eigenvalue weighted by molar-refractivity contribution is 0.672. The Labute approximate surface area is 67.2 Å². The molecule has 0 rings (SSSR count). The molecule has 0 bridgehead atoms. The van der Waals surface area contributed by atoms with Crippen LogP contribution < -0.4 is 0 Å². The van der Waals surface area contributed by atoms with Crippen LogP contribution in [0.3, 0.4) is 0 Å². The SMILES string of the molecule is CCC[CH]C(C)(Br)CC. The number of alkyl halides is 1. The number of unbranched alkanes of at least 4 members (excludes halogenated alkanes) is 1. The van der Waals surface area contributed by atoms with Crippen LogP contribution in [-0.2, 0) is 0 Å². The molecule has 0 aromatic rings. The molecule has 0 aliphatic rings. The third kappa shape index (κ3) is 4.95. The van der Waals surface area contributed by atoms with Crippen LogP contribution in [0.5, 0.6) is 0 Å². The van der Waals surface area contributed by atoms with Crippen LogP contribution >= 0.6 is 15.9 Å². The van der Waals surface area contributed by atoms with Crippen molar-refractivity contribution in [2.75, 3.05) is 0 Å². The van der Waals surface area contributed by atoms with Crippen LogP contribution in [0.4, 0.5) is 0 Å². The minimum absolute atomic E-state index is 0.281. The van der Waals surface area contributed by atoms with Crippen molar-refractivity contribution < 1.29 is 0 Å². The molecule has 1 radical (unpaired) electrons. The smallest absolute Gasteiger partial charge is 0.0258 e. The second-order valence-corrected chi connectivity index (χ2v) is 4.44. The lowest BCUT2D eigenvalue weighted by atomic mass is 10.0. The maximum absolute atomic E-state index is 3.63. The zero-order valence-electron chi connectivity index (χ0n) is 6.58. The summed E-state index contributed by atoms with van der Waals surface area (Å²) in [6.45, 7) is 6.61. The quantitative estimate of drug-likeness (QED) is 0.597. The molecule has 0 N–H and O–H groups in total. The van der Waals surface area contributed by atoms with E-state index in [0.717, 1.165) is 0 Å². The van der Waals surface area contributed by atoms with Crippen LogP contribution in [0.15, 0.2) is 0 Å². The Hall–Kier alpha value is 0.480. The third-order valence-electron chi connectivity index (χ3n) is 1.55. The first-order chi connectivity index (χ1) is 4.12. The molecule has 1 atom stereocenters. The fourth-order valence-electron chi connectivity index (χ4n) is 0.590. The molecule has 0 aliphatic carbocycles. The molecular weight excluding hydrogens is 176 g/mol. The lowest BCUT2D eigenvalue weighted by Gasteiger charge is -2.18. The van der Waals surface area contributed by atoms with Gasteiger partial charge in [-0.25, -0.2) is 0 Å². The van der Waals surface area contributed by atoms with Gasteiger partial charge in [-0.05, 0) is 26.2 Å². The molecule has 0 nitrogen and oxygen atoms in total. The largest absolute Gasteiger partial charge is 0.0853 e. The first-order valence-electron chi connectivity index (χ1n) is 3.65. The van der Waals surface area contributed by atoms with Gasteiger partial charge in [0.15, 0.2) is 0 Å². The highest BCUT2D eigenvalue weighted by Crippen LogP contribution is 2.26. The molecule has 0 heterocycles. The lowest BCUT2D eigenvalue weighted by Crippen LogP contribution is -2.13. The summed E-state index contributed by atoms with van der Waals surface area (Å²) in [6.07, 6.45) is 5.98. The van der Waals surface area contributed by atoms with E-state index in [1.807, 2.05) is 0 Å². The van der Waals surface area contributed by atoms with Gasteiger partial charge in [0.05, 0.1) is 0 Å². The number of hydrogen-bond acceptors (Lipinski definition) is 0. The Morgan fingerprint density at radius 2 is 2.00 bits per heavy atom. The zero-order valence-corrected chi connectivity index (χ0v) is 8.16. The Morgan fingerprint density at radius 3 is 2.33 bits per heavy atom. The summed E-state index contributed by atoms with van der Waals surface area (Å²) < 4.78 is 0.281. The van der Waals surface area contributed by atoms with E-state index in [4.69, 9.17) is 0 Å². The fraction of sp³-hybridized carbons (Fsp3) is 0.875. The summed E-state index contributed by atoms with van der Waals surface area (Å²) in [6, 6.07) is 0. The standard InChI is InChI=1S/C8H16Br/c1-4-6-7-8(3,9)5-2/h7H,4-6H2,1-3H3. The van der Waals surface area contributed by atoms with E-state index < -0.39 is 0 Å². The highest BCUT2D eigenvalue weighted by atomic mass is 79.9. The highest BCUT2D eigenvalue weighted by molar-refractivity contribution is 9.10. The van der Waals surface area contributed by atoms with E-state index in [1.54, 1.807) is 0 Å². The highest BCUT2D eigenvalue weighted by Gasteiger charge is 2.15. The van der Waals surface area contributed by atoms with Crippen LogP contribution in [0.1, 0.15) is 40.0 Å². The van der Waals surface area contributed by atoms with E-state index in [0.29, 0.717) is 0 Å². The normalized spacial score (nSPS) is 17.3. The molecule has 55 valence electrons. The molecule has 0 aliphatic heterocycles. The summed E-state index contributed by atoms with van der Waals surface area (Å²) >= 11 is 3.63. The van der Waals surface area contributed by atoms with Gasteiger partial charge in [-0.3, -0.25) is 0 Å². The van der Waals surface area contributed by atoms with Crippen molar-refractivity contribution in [1.29, 1.82) is 0 Å². The third-order valence-corrected chi connectivity index (χ3v) is 2.43. The number of rotatable bonds is 4. The van der Waals surface area contributed by atoms with Crippen LogP contribution in [-0.4, -0.2) is 4.32 Å². The van der Waals surface area contributed by atoms with Gasteiger partial charge in [0.25, 0.3) is 0 Å². The summed E-state index contributed by atoms with van der Waals surface area (Å²) in [5, 5.41) is 0. The molecule has 0 aromatic carbocycles. The Kier molecular flexibility index (Phi) is 4.55. The maximum atomic E-state index is 3.63. The van der Waals surface area contributed by atoms with Crippen molar-refractivity contribution >= 4 is 15.9 Å². The van der Waals surface area contributed by atoms with Crippen molar-refractivity contribution in [1.82, 2.24) is 0 Å². The number of halogens is 1. The summed E-state index contributed by atoms with van der Waals surface area (Å²) in [5.41, 5.74) is 0. The molecule has 1 unspecified atom stereocenters. The average Bonchev–Trinajstić information content (AvgIpc) is 1.84. The van der Waals surface area contributed by atoms with Gasteiger partial charge >= 0.3 is 0 Å². The summed E-state index contributed by atoms with van der Waals surface area (Å²) in [5.74, 6) is 0. The van der Waals surface area contributed by atoms with Crippen molar-refractivity contribution in [3.63, 3.8) is 0 Å². The predicted molar refractivity (Wildman–Crippen MR) is 46.8 cm³/mol. The van der Waals surface area contributed by atoms with Crippen LogP contribution in [0.25, 0.3) is 0 Å². The van der Waals surface area contributed by atoms with Gasteiger partial charge in [0.2, 0.25) is 0 Å². The minimum Gasteiger partial charge on any atom is -0.0853 e. The molecule has 0 aromatic heterocycles. The van der Waals surface area contributed by atoms with Crippen molar-refractivity contribution in [3.05, 3.63) is 6.42 Å². The van der Waals surface area contributed by atoms with Crippen molar-refractivity contribution in [2.24, 2.45) is 0 Å². The number of hydrogen-bond donors (Lipinski definition) is 0. The Morgan fingerprint density at radius 1 is 1.44 bits per heavy atom. The van der Waals surface area contributed by atoms with Gasteiger partial charge in [-0.15, -0.1) is 0 Å². The first-order valence-corrected chi connectivity index (χ1v) is 4.45. The zero-order chi connectivity index (χ0) is 7.33. The minimum atomic E-state index is 0.281. The second kappa shape index (κ2) is 4.32. The van der Waals surface area contributed by atoms with Crippen LogP contribution in [0.2, 0.25) is 0 Å². The van der Waals surface area contributed by atoms with E-state index in [2.05, 4.69) is 43.1 Å². The molecular formula is C8H16Br. The summed E-state index contributed by atoms with van der Waals surface area (Å²) in [4.78, 5) is 0. The Bertz CT molecular complexity index is 67.0. The van der Waals surface area contributed by atoms with Gasteiger partial charge in [0, 0.05) is 4.32 Å². The monoisotopic (exact) mass is 191 g/mol. The topological polar surface area (TPSA) is 0 Å². The molecule has 1 heteroatoms. The molecule has 0 saturated heterocycles.